The van der Waals surface area contributed by atoms with E-state index < -0.39 is 0 Å². The van der Waals surface area contributed by atoms with Crippen LogP contribution in [0.5, 0.6) is 5.75 Å². The summed E-state index contributed by atoms with van der Waals surface area (Å²) in [6.45, 7) is 0.373. The van der Waals surface area contributed by atoms with Gasteiger partial charge in [0.05, 0.1) is 12.8 Å². The lowest BCUT2D eigenvalue weighted by atomic mass is 10.1. The van der Waals surface area contributed by atoms with Crippen molar-refractivity contribution in [1.29, 1.82) is 0 Å². The molecule has 2 amide bonds. The molecule has 0 radical (unpaired) electrons. The minimum Gasteiger partial charge on any atom is -0.495 e. The number of aromatic nitrogens is 1. The van der Waals surface area contributed by atoms with E-state index in [4.69, 9.17) is 16.3 Å². The van der Waals surface area contributed by atoms with Crippen molar-refractivity contribution in [1.82, 2.24) is 10.3 Å². The van der Waals surface area contributed by atoms with Crippen molar-refractivity contribution in [3.8, 4) is 5.75 Å². The van der Waals surface area contributed by atoms with E-state index in [9.17, 15) is 9.59 Å². The molecule has 2 aromatic carbocycles. The van der Waals surface area contributed by atoms with Gasteiger partial charge in [-0.25, -0.2) is 0 Å². The van der Waals surface area contributed by atoms with E-state index in [0.717, 1.165) is 5.56 Å². The average molecular weight is 396 g/mol. The lowest BCUT2D eigenvalue weighted by Gasteiger charge is -2.11. The van der Waals surface area contributed by atoms with Crippen molar-refractivity contribution in [3.05, 3.63) is 88.7 Å². The summed E-state index contributed by atoms with van der Waals surface area (Å²) in [6.07, 6.45) is 3.33. The predicted molar refractivity (Wildman–Crippen MR) is 108 cm³/mol. The van der Waals surface area contributed by atoms with Gasteiger partial charge in [0.1, 0.15) is 5.75 Å². The van der Waals surface area contributed by atoms with Gasteiger partial charge < -0.3 is 15.4 Å². The molecule has 2 N–H and O–H groups in total. The molecule has 1 aromatic heterocycles. The summed E-state index contributed by atoms with van der Waals surface area (Å²) >= 11 is 5.99. The van der Waals surface area contributed by atoms with Crippen LogP contribution in [0.3, 0.4) is 0 Å². The molecular formula is C21H18ClN3O3. The van der Waals surface area contributed by atoms with E-state index in [1.54, 1.807) is 48.8 Å². The van der Waals surface area contributed by atoms with E-state index in [-0.39, 0.29) is 11.8 Å². The standard InChI is InChI=1S/C21H18ClN3O3/c1-28-19-6-5-17(22)12-18(19)25-21(27)16-4-2-3-15(11-16)20(26)24-13-14-7-9-23-10-8-14/h2-12H,13H2,1H3,(H,24,26)(H,25,27). The number of benzene rings is 2. The minimum absolute atomic E-state index is 0.271. The van der Waals surface area contributed by atoms with Gasteiger partial charge in [0.15, 0.2) is 0 Å². The number of amides is 2. The number of carbonyl (C=O) groups is 2. The van der Waals surface area contributed by atoms with Gasteiger partial charge >= 0.3 is 0 Å². The molecule has 0 bridgehead atoms. The largest absolute Gasteiger partial charge is 0.495 e. The molecule has 0 fully saturated rings. The molecule has 0 unspecified atom stereocenters. The maximum atomic E-state index is 12.6. The summed E-state index contributed by atoms with van der Waals surface area (Å²) in [5.74, 6) is -0.153. The highest BCUT2D eigenvalue weighted by atomic mass is 35.5. The zero-order valence-corrected chi connectivity index (χ0v) is 15.9. The highest BCUT2D eigenvalue weighted by molar-refractivity contribution is 6.31. The van der Waals surface area contributed by atoms with Crippen molar-refractivity contribution in [2.75, 3.05) is 12.4 Å². The Morgan fingerprint density at radius 3 is 2.43 bits per heavy atom. The average Bonchev–Trinajstić information content (AvgIpc) is 2.73. The third-order valence-corrected chi connectivity index (χ3v) is 4.23. The Morgan fingerprint density at radius 1 is 1.00 bits per heavy atom. The van der Waals surface area contributed by atoms with Gasteiger partial charge in [-0.1, -0.05) is 17.7 Å². The molecule has 7 heteroatoms. The van der Waals surface area contributed by atoms with Gasteiger partial charge in [-0.05, 0) is 54.1 Å². The zero-order valence-electron chi connectivity index (χ0n) is 15.1. The monoisotopic (exact) mass is 395 g/mol. The second-order valence-electron chi connectivity index (χ2n) is 5.92. The highest BCUT2D eigenvalue weighted by Crippen LogP contribution is 2.28. The number of ether oxygens (including phenoxy) is 1. The van der Waals surface area contributed by atoms with Crippen LogP contribution < -0.4 is 15.4 Å². The fourth-order valence-electron chi connectivity index (χ4n) is 2.56. The lowest BCUT2D eigenvalue weighted by Crippen LogP contribution is -2.23. The van der Waals surface area contributed by atoms with Crippen molar-refractivity contribution in [2.45, 2.75) is 6.54 Å². The molecule has 0 aliphatic rings. The highest BCUT2D eigenvalue weighted by Gasteiger charge is 2.13. The fraction of sp³-hybridized carbons (Fsp3) is 0.0952. The van der Waals surface area contributed by atoms with Crippen LogP contribution in [-0.4, -0.2) is 23.9 Å². The Balaban J connectivity index is 1.71. The van der Waals surface area contributed by atoms with Crippen molar-refractivity contribution in [3.63, 3.8) is 0 Å². The second-order valence-corrected chi connectivity index (χ2v) is 6.35. The van der Waals surface area contributed by atoms with E-state index in [2.05, 4.69) is 15.6 Å². The molecule has 28 heavy (non-hydrogen) atoms. The van der Waals surface area contributed by atoms with Crippen LogP contribution in [0.2, 0.25) is 5.02 Å². The summed E-state index contributed by atoms with van der Waals surface area (Å²) in [7, 11) is 1.51. The molecule has 3 aromatic rings. The number of anilines is 1. The van der Waals surface area contributed by atoms with E-state index >= 15 is 0 Å². The van der Waals surface area contributed by atoms with Crippen LogP contribution in [0.4, 0.5) is 5.69 Å². The van der Waals surface area contributed by atoms with Crippen LogP contribution in [0.1, 0.15) is 26.3 Å². The molecule has 1 heterocycles. The second kappa shape index (κ2) is 9.01. The molecule has 0 saturated carbocycles. The molecular weight excluding hydrogens is 378 g/mol. The third-order valence-electron chi connectivity index (χ3n) is 4.00. The molecule has 6 nitrogen and oxygen atoms in total. The molecule has 0 saturated heterocycles. The van der Waals surface area contributed by atoms with Gasteiger partial charge in [-0.3, -0.25) is 14.6 Å². The van der Waals surface area contributed by atoms with Gasteiger partial charge in [0.25, 0.3) is 11.8 Å². The van der Waals surface area contributed by atoms with Crippen LogP contribution in [-0.2, 0) is 6.54 Å². The Labute approximate surface area is 167 Å². The molecule has 142 valence electrons. The molecule has 3 rings (SSSR count). The van der Waals surface area contributed by atoms with Gasteiger partial charge in [0, 0.05) is 35.1 Å². The number of nitrogens with zero attached hydrogens (tertiary/aromatic N) is 1. The summed E-state index contributed by atoms with van der Waals surface area (Å²) in [6, 6.07) is 15.1. The Kier molecular flexibility index (Phi) is 6.24. The zero-order chi connectivity index (χ0) is 19.9. The lowest BCUT2D eigenvalue weighted by molar-refractivity contribution is 0.0951. The SMILES string of the molecule is COc1ccc(Cl)cc1NC(=O)c1cccc(C(=O)NCc2ccncc2)c1. The Morgan fingerprint density at radius 2 is 1.71 bits per heavy atom. The number of hydrogen-bond acceptors (Lipinski definition) is 4. The number of nitrogens with one attached hydrogen (secondary N) is 2. The quantitative estimate of drug-likeness (QED) is 0.662. The fourth-order valence-corrected chi connectivity index (χ4v) is 2.73. The Bertz CT molecular complexity index is 993. The molecule has 0 spiro atoms. The van der Waals surface area contributed by atoms with Gasteiger partial charge in [-0.15, -0.1) is 0 Å². The molecule has 0 atom stereocenters. The number of halogens is 1. The third kappa shape index (κ3) is 4.86. The maximum Gasteiger partial charge on any atom is 0.255 e. The molecule has 0 aliphatic heterocycles. The predicted octanol–water partition coefficient (Wildman–Crippen LogP) is 3.93. The smallest absolute Gasteiger partial charge is 0.255 e. The summed E-state index contributed by atoms with van der Waals surface area (Å²) in [4.78, 5) is 28.9. The maximum absolute atomic E-state index is 12.6. The molecule has 0 aliphatic carbocycles. The number of methoxy groups -OCH3 is 1. The number of rotatable bonds is 6. The van der Waals surface area contributed by atoms with Gasteiger partial charge in [0.2, 0.25) is 0 Å². The summed E-state index contributed by atoms with van der Waals surface area (Å²) in [5.41, 5.74) is 2.12. The summed E-state index contributed by atoms with van der Waals surface area (Å²) < 4.78 is 5.23. The van der Waals surface area contributed by atoms with Crippen molar-refractivity contribution in [2.24, 2.45) is 0 Å². The Hall–Kier alpha value is -3.38. The first-order valence-electron chi connectivity index (χ1n) is 8.49. The topological polar surface area (TPSA) is 80.3 Å². The number of pyridine rings is 1. The van der Waals surface area contributed by atoms with Crippen molar-refractivity contribution >= 4 is 29.1 Å². The number of carbonyl (C=O) groups excluding carboxylic acids is 2. The van der Waals surface area contributed by atoms with E-state index in [1.165, 1.54) is 13.2 Å². The number of hydrogen-bond donors (Lipinski definition) is 2. The van der Waals surface area contributed by atoms with Crippen LogP contribution >= 0.6 is 11.6 Å². The first kappa shape index (κ1) is 19.4. The first-order valence-corrected chi connectivity index (χ1v) is 8.86. The first-order chi connectivity index (χ1) is 13.6. The van der Waals surface area contributed by atoms with Crippen molar-refractivity contribution < 1.29 is 14.3 Å². The normalized spacial score (nSPS) is 10.2. The van der Waals surface area contributed by atoms with Crippen LogP contribution in [0.25, 0.3) is 0 Å². The van der Waals surface area contributed by atoms with E-state index in [0.29, 0.717) is 34.1 Å². The van der Waals surface area contributed by atoms with Crippen LogP contribution in [0, 0.1) is 0 Å². The van der Waals surface area contributed by atoms with Crippen LogP contribution in [0.15, 0.2) is 67.0 Å². The van der Waals surface area contributed by atoms with E-state index in [1.807, 2.05) is 12.1 Å². The minimum atomic E-state index is -0.371. The van der Waals surface area contributed by atoms with Gasteiger partial charge in [-0.2, -0.15) is 0 Å². The summed E-state index contributed by atoms with van der Waals surface area (Å²) in [5, 5.41) is 6.05.